The lowest BCUT2D eigenvalue weighted by Gasteiger charge is -2.27. The summed E-state index contributed by atoms with van der Waals surface area (Å²) >= 11 is 0. The van der Waals surface area contributed by atoms with E-state index in [0.29, 0.717) is 6.61 Å². The topological polar surface area (TPSA) is 51.5 Å². The zero-order chi connectivity index (χ0) is 16.6. The zero-order valence-corrected chi connectivity index (χ0v) is 14.5. The van der Waals surface area contributed by atoms with Crippen LogP contribution in [0.3, 0.4) is 0 Å². The van der Waals surface area contributed by atoms with Crippen molar-refractivity contribution in [2.24, 2.45) is 0 Å². The highest BCUT2D eigenvalue weighted by Crippen LogP contribution is 2.25. The smallest absolute Gasteiger partial charge is 0.163 e. The quantitative estimate of drug-likeness (QED) is 0.923. The summed E-state index contributed by atoms with van der Waals surface area (Å²) in [7, 11) is 0. The first-order valence-corrected chi connectivity index (χ1v) is 8.80. The lowest BCUT2D eigenvalue weighted by Crippen LogP contribution is -2.43. The summed E-state index contributed by atoms with van der Waals surface area (Å²) < 4.78 is 14.1. The molecule has 1 aromatic carbocycles. The predicted molar refractivity (Wildman–Crippen MR) is 92.8 cm³/mol. The molecule has 1 unspecified atom stereocenters. The molecule has 3 heterocycles. The molecule has 6 heteroatoms. The Morgan fingerprint density at radius 3 is 2.79 bits per heavy atom. The third-order valence-corrected chi connectivity index (χ3v) is 4.76. The first-order valence-electron chi connectivity index (χ1n) is 8.80. The van der Waals surface area contributed by atoms with Crippen molar-refractivity contribution < 1.29 is 9.47 Å². The van der Waals surface area contributed by atoms with Crippen LogP contribution in [0.2, 0.25) is 0 Å². The van der Waals surface area contributed by atoms with E-state index in [-0.39, 0.29) is 6.10 Å². The predicted octanol–water partition coefficient (Wildman–Crippen LogP) is 1.59. The highest BCUT2D eigenvalue weighted by molar-refractivity contribution is 5.75. The summed E-state index contributed by atoms with van der Waals surface area (Å²) in [6.07, 6.45) is 0.0689. The van der Waals surface area contributed by atoms with Crippen LogP contribution >= 0.6 is 0 Å². The average Bonchev–Trinajstić information content (AvgIpc) is 3.09. The van der Waals surface area contributed by atoms with Gasteiger partial charge in [-0.3, -0.25) is 4.90 Å². The number of hydrogen-bond donors (Lipinski definition) is 1. The van der Waals surface area contributed by atoms with E-state index in [2.05, 4.69) is 33.0 Å². The minimum atomic E-state index is -0.486. The number of para-hydroxylation sites is 2. The second-order valence-corrected chi connectivity index (χ2v) is 7.10. The van der Waals surface area contributed by atoms with Crippen molar-refractivity contribution in [3.63, 3.8) is 0 Å². The lowest BCUT2D eigenvalue weighted by atomic mass is 10.3. The maximum atomic E-state index is 6.02. The maximum Gasteiger partial charge on any atom is 0.163 e. The normalized spacial score (nSPS) is 24.7. The van der Waals surface area contributed by atoms with Crippen molar-refractivity contribution in [3.05, 3.63) is 30.1 Å². The third kappa shape index (κ3) is 3.32. The first kappa shape index (κ1) is 16.0. The van der Waals surface area contributed by atoms with Crippen LogP contribution in [0.25, 0.3) is 11.0 Å². The fourth-order valence-corrected chi connectivity index (χ4v) is 3.58. The summed E-state index contributed by atoms with van der Waals surface area (Å²) in [6.45, 7) is 10.5. The fraction of sp³-hybridized carbons (Fsp3) is 0.611. The summed E-state index contributed by atoms with van der Waals surface area (Å²) in [5.41, 5.74) is 2.23. The van der Waals surface area contributed by atoms with Gasteiger partial charge in [-0.05, 0) is 26.0 Å². The van der Waals surface area contributed by atoms with Crippen molar-refractivity contribution in [3.8, 4) is 0 Å². The molecule has 0 spiro atoms. The van der Waals surface area contributed by atoms with Crippen LogP contribution in [0.5, 0.6) is 0 Å². The van der Waals surface area contributed by atoms with Crippen LogP contribution in [-0.2, 0) is 22.6 Å². The van der Waals surface area contributed by atoms with Gasteiger partial charge in [-0.2, -0.15) is 0 Å². The van der Waals surface area contributed by atoms with Crippen LogP contribution in [-0.4, -0.2) is 59.1 Å². The Morgan fingerprint density at radius 1 is 1.25 bits per heavy atom. The largest absolute Gasteiger partial charge is 0.348 e. The van der Waals surface area contributed by atoms with Gasteiger partial charge in [0.15, 0.2) is 5.79 Å². The van der Waals surface area contributed by atoms with E-state index in [9.17, 15) is 0 Å². The molecule has 24 heavy (non-hydrogen) atoms. The molecule has 1 atom stereocenters. The lowest BCUT2D eigenvalue weighted by molar-refractivity contribution is -0.139. The summed E-state index contributed by atoms with van der Waals surface area (Å²) in [4.78, 5) is 7.35. The van der Waals surface area contributed by atoms with E-state index in [4.69, 9.17) is 14.5 Å². The third-order valence-electron chi connectivity index (χ3n) is 4.76. The molecule has 0 bridgehead atoms. The highest BCUT2D eigenvalue weighted by Gasteiger charge is 2.33. The Hall–Kier alpha value is -1.47. The van der Waals surface area contributed by atoms with E-state index in [1.54, 1.807) is 0 Å². The molecular formula is C18H26N4O2. The van der Waals surface area contributed by atoms with Crippen LogP contribution in [0.1, 0.15) is 19.7 Å². The molecular weight excluding hydrogens is 304 g/mol. The number of nitrogens with zero attached hydrogens (tertiary/aromatic N) is 3. The van der Waals surface area contributed by atoms with Gasteiger partial charge in [0.05, 0.1) is 30.7 Å². The van der Waals surface area contributed by atoms with Crippen molar-refractivity contribution in [2.45, 2.75) is 38.8 Å². The average molecular weight is 330 g/mol. The molecule has 6 nitrogen and oxygen atoms in total. The number of ether oxygens (including phenoxy) is 2. The molecule has 1 aromatic heterocycles. The molecule has 2 fully saturated rings. The van der Waals surface area contributed by atoms with Gasteiger partial charge >= 0.3 is 0 Å². The number of benzene rings is 1. The van der Waals surface area contributed by atoms with Gasteiger partial charge in [-0.1, -0.05) is 12.1 Å². The first-order chi connectivity index (χ1) is 11.6. The number of aromatic nitrogens is 2. The van der Waals surface area contributed by atoms with Crippen LogP contribution in [0.15, 0.2) is 24.3 Å². The SMILES string of the molecule is CC1(C)OCC(Cn2c(CN3CCNCC3)nc3ccccc32)O1. The maximum absolute atomic E-state index is 6.02. The standard InChI is InChI=1S/C18H26N4O2/c1-18(2)23-13-14(24-18)11-22-16-6-4-3-5-15(16)20-17(22)12-21-9-7-19-8-10-21/h3-6,14,19H,7-13H2,1-2H3. The minimum absolute atomic E-state index is 0.0689. The molecule has 2 aromatic rings. The molecule has 0 aliphatic carbocycles. The molecule has 0 radical (unpaired) electrons. The molecule has 2 aliphatic heterocycles. The molecule has 2 aliphatic rings. The van der Waals surface area contributed by atoms with Gasteiger partial charge in [0.2, 0.25) is 0 Å². The zero-order valence-electron chi connectivity index (χ0n) is 14.5. The van der Waals surface area contributed by atoms with Gasteiger partial charge in [-0.25, -0.2) is 4.98 Å². The number of rotatable bonds is 4. The van der Waals surface area contributed by atoms with Gasteiger partial charge in [0.1, 0.15) is 11.9 Å². The number of hydrogen-bond acceptors (Lipinski definition) is 5. The Labute approximate surface area is 142 Å². The molecule has 130 valence electrons. The van der Waals surface area contributed by atoms with E-state index in [0.717, 1.165) is 50.6 Å². The Kier molecular flexibility index (Phi) is 4.30. The van der Waals surface area contributed by atoms with E-state index < -0.39 is 5.79 Å². The Bertz CT molecular complexity index is 706. The molecule has 1 N–H and O–H groups in total. The van der Waals surface area contributed by atoms with Crippen molar-refractivity contribution >= 4 is 11.0 Å². The Balaban J connectivity index is 1.60. The summed E-state index contributed by atoms with van der Waals surface area (Å²) in [5.74, 6) is 0.631. The van der Waals surface area contributed by atoms with E-state index >= 15 is 0 Å². The Morgan fingerprint density at radius 2 is 2.04 bits per heavy atom. The van der Waals surface area contributed by atoms with Crippen molar-refractivity contribution in [2.75, 3.05) is 32.8 Å². The molecule has 4 rings (SSSR count). The van der Waals surface area contributed by atoms with Crippen LogP contribution < -0.4 is 5.32 Å². The van der Waals surface area contributed by atoms with Crippen molar-refractivity contribution in [1.29, 1.82) is 0 Å². The molecule has 0 saturated carbocycles. The van der Waals surface area contributed by atoms with Gasteiger partial charge in [-0.15, -0.1) is 0 Å². The summed E-state index contributed by atoms with van der Waals surface area (Å²) in [6, 6.07) is 8.35. The number of imidazole rings is 1. The van der Waals surface area contributed by atoms with Gasteiger partial charge in [0, 0.05) is 26.2 Å². The molecule has 0 amide bonds. The monoisotopic (exact) mass is 330 g/mol. The fourth-order valence-electron chi connectivity index (χ4n) is 3.58. The van der Waals surface area contributed by atoms with Gasteiger partial charge < -0.3 is 19.4 Å². The summed E-state index contributed by atoms with van der Waals surface area (Å²) in [5, 5.41) is 3.40. The number of piperazine rings is 1. The van der Waals surface area contributed by atoms with Crippen molar-refractivity contribution in [1.82, 2.24) is 19.8 Å². The second kappa shape index (κ2) is 6.44. The number of nitrogens with one attached hydrogen (secondary N) is 1. The van der Waals surface area contributed by atoms with E-state index in [1.165, 1.54) is 5.52 Å². The minimum Gasteiger partial charge on any atom is -0.348 e. The second-order valence-electron chi connectivity index (χ2n) is 7.10. The van der Waals surface area contributed by atoms with Gasteiger partial charge in [0.25, 0.3) is 0 Å². The number of fused-ring (bicyclic) bond motifs is 1. The van der Waals surface area contributed by atoms with Crippen LogP contribution in [0.4, 0.5) is 0 Å². The molecule has 2 saturated heterocycles. The van der Waals surface area contributed by atoms with Crippen LogP contribution in [0, 0.1) is 0 Å². The highest BCUT2D eigenvalue weighted by atomic mass is 16.7. The van der Waals surface area contributed by atoms with E-state index in [1.807, 2.05) is 19.9 Å².